The smallest absolute Gasteiger partial charge is 0.226 e. The highest BCUT2D eigenvalue weighted by Gasteiger charge is 2.56. The van der Waals surface area contributed by atoms with E-state index in [1.165, 1.54) is 44.1 Å². The number of carbonyl (C=O) groups is 1. The Hall–Kier alpha value is -1.51. The van der Waals surface area contributed by atoms with Crippen LogP contribution < -0.4 is 5.73 Å². The number of hydrogen-bond donors (Lipinski definition) is 1. The van der Waals surface area contributed by atoms with Gasteiger partial charge in [0.05, 0.1) is 0 Å². The molecule has 2 N–H and O–H groups in total. The van der Waals surface area contributed by atoms with Crippen LogP contribution in [0.1, 0.15) is 44.1 Å². The molecule has 3 saturated carbocycles. The zero-order valence-corrected chi connectivity index (χ0v) is 12.5. The maximum atomic E-state index is 12.9. The van der Waals surface area contributed by atoms with Gasteiger partial charge in [0.15, 0.2) is 0 Å². The van der Waals surface area contributed by atoms with Gasteiger partial charge in [-0.3, -0.25) is 4.79 Å². The molecule has 0 spiro atoms. The molecule has 2 atom stereocenters. The minimum absolute atomic E-state index is 0.349. The fourth-order valence-corrected chi connectivity index (χ4v) is 4.14. The Bertz CT molecular complexity index is 523. The summed E-state index contributed by atoms with van der Waals surface area (Å²) in [5, 5.41) is 0. The SMILES string of the molecule is Nc1ccc(CN(C(=O)C2C3CCCCC32)C2CC2)cc1. The molecule has 1 aromatic carbocycles. The molecule has 3 aliphatic rings. The van der Waals surface area contributed by atoms with Crippen molar-refractivity contribution in [2.24, 2.45) is 17.8 Å². The predicted molar refractivity (Wildman–Crippen MR) is 83.4 cm³/mol. The molecule has 3 aliphatic carbocycles. The minimum Gasteiger partial charge on any atom is -0.399 e. The molecule has 2 unspecified atom stereocenters. The van der Waals surface area contributed by atoms with E-state index in [1.54, 1.807) is 0 Å². The normalized spacial score (nSPS) is 30.6. The van der Waals surface area contributed by atoms with Crippen LogP contribution >= 0.6 is 0 Å². The van der Waals surface area contributed by atoms with Gasteiger partial charge in [-0.15, -0.1) is 0 Å². The summed E-state index contributed by atoms with van der Waals surface area (Å²) in [6.07, 6.45) is 7.58. The lowest BCUT2D eigenvalue weighted by atomic mass is 10.0. The number of hydrogen-bond acceptors (Lipinski definition) is 2. The highest BCUT2D eigenvalue weighted by molar-refractivity contribution is 5.83. The molecule has 0 bridgehead atoms. The first-order valence-corrected chi connectivity index (χ1v) is 8.39. The number of fused-ring (bicyclic) bond motifs is 1. The monoisotopic (exact) mass is 284 g/mol. The third kappa shape index (κ3) is 2.54. The average Bonchev–Trinajstić information content (AvgIpc) is 3.39. The van der Waals surface area contributed by atoms with E-state index in [0.29, 0.717) is 29.7 Å². The summed E-state index contributed by atoms with van der Waals surface area (Å²) < 4.78 is 0. The molecule has 3 heteroatoms. The van der Waals surface area contributed by atoms with E-state index in [4.69, 9.17) is 5.73 Å². The highest BCUT2D eigenvalue weighted by atomic mass is 16.2. The molecule has 3 nitrogen and oxygen atoms in total. The van der Waals surface area contributed by atoms with Gasteiger partial charge >= 0.3 is 0 Å². The van der Waals surface area contributed by atoms with Crippen LogP contribution in [-0.4, -0.2) is 16.8 Å². The lowest BCUT2D eigenvalue weighted by Crippen LogP contribution is -2.34. The Morgan fingerprint density at radius 3 is 2.24 bits per heavy atom. The number of nitrogen functional groups attached to an aromatic ring is 1. The summed E-state index contributed by atoms with van der Waals surface area (Å²) in [6, 6.07) is 8.47. The first kappa shape index (κ1) is 13.2. The molecule has 0 radical (unpaired) electrons. The van der Waals surface area contributed by atoms with Crippen LogP contribution in [0.25, 0.3) is 0 Å². The molecule has 3 fully saturated rings. The summed E-state index contributed by atoms with van der Waals surface area (Å²) in [7, 11) is 0. The molecule has 0 aliphatic heterocycles. The molecule has 4 rings (SSSR count). The zero-order chi connectivity index (χ0) is 14.4. The number of benzene rings is 1. The number of carbonyl (C=O) groups excluding carboxylic acids is 1. The van der Waals surface area contributed by atoms with Gasteiger partial charge in [-0.05, 0) is 55.2 Å². The third-order valence-electron chi connectivity index (χ3n) is 5.55. The number of rotatable bonds is 4. The van der Waals surface area contributed by atoms with Crippen molar-refractivity contribution < 1.29 is 4.79 Å². The van der Waals surface area contributed by atoms with E-state index in [9.17, 15) is 4.79 Å². The van der Waals surface area contributed by atoms with Crippen molar-refractivity contribution in [3.8, 4) is 0 Å². The van der Waals surface area contributed by atoms with E-state index < -0.39 is 0 Å². The van der Waals surface area contributed by atoms with Gasteiger partial charge in [0.1, 0.15) is 0 Å². The summed E-state index contributed by atoms with van der Waals surface area (Å²) in [6.45, 7) is 0.764. The summed E-state index contributed by atoms with van der Waals surface area (Å²) in [4.78, 5) is 15.1. The van der Waals surface area contributed by atoms with Crippen LogP contribution in [-0.2, 0) is 11.3 Å². The number of anilines is 1. The predicted octanol–water partition coefficient (Wildman–Crippen LogP) is 3.20. The lowest BCUT2D eigenvalue weighted by molar-refractivity contribution is -0.134. The Balaban J connectivity index is 1.47. The Kier molecular flexibility index (Phi) is 3.16. The fraction of sp³-hybridized carbons (Fsp3) is 0.611. The first-order valence-electron chi connectivity index (χ1n) is 8.39. The van der Waals surface area contributed by atoms with E-state index in [1.807, 2.05) is 12.1 Å². The standard InChI is InChI=1S/C18H24N2O/c19-13-7-5-12(6-8-13)11-20(14-9-10-14)18(21)17-15-3-1-2-4-16(15)17/h5-8,14-17H,1-4,9-11,19H2. The zero-order valence-electron chi connectivity index (χ0n) is 12.5. The number of nitrogens with zero attached hydrogens (tertiary/aromatic N) is 1. The second-order valence-corrected chi connectivity index (χ2v) is 7.08. The molecule has 21 heavy (non-hydrogen) atoms. The van der Waals surface area contributed by atoms with Gasteiger partial charge in [0.25, 0.3) is 0 Å². The van der Waals surface area contributed by atoms with Crippen molar-refractivity contribution in [2.75, 3.05) is 5.73 Å². The van der Waals surface area contributed by atoms with Crippen molar-refractivity contribution in [2.45, 2.75) is 51.1 Å². The topological polar surface area (TPSA) is 46.3 Å². The number of nitrogens with two attached hydrogens (primary N) is 1. The molecule has 0 saturated heterocycles. The fourth-order valence-electron chi connectivity index (χ4n) is 4.14. The summed E-state index contributed by atoms with van der Waals surface area (Å²) >= 11 is 0. The van der Waals surface area contributed by atoms with Gasteiger partial charge in [0, 0.05) is 24.2 Å². The highest BCUT2D eigenvalue weighted by Crippen LogP contribution is 2.56. The minimum atomic E-state index is 0.349. The van der Waals surface area contributed by atoms with E-state index in [-0.39, 0.29) is 0 Å². The quantitative estimate of drug-likeness (QED) is 0.863. The second-order valence-electron chi connectivity index (χ2n) is 7.08. The van der Waals surface area contributed by atoms with Crippen molar-refractivity contribution >= 4 is 11.6 Å². The van der Waals surface area contributed by atoms with Crippen LogP contribution in [0.4, 0.5) is 5.69 Å². The molecule has 0 heterocycles. The van der Waals surface area contributed by atoms with E-state index >= 15 is 0 Å². The van der Waals surface area contributed by atoms with Crippen molar-refractivity contribution in [3.05, 3.63) is 29.8 Å². The van der Waals surface area contributed by atoms with Gasteiger partial charge in [-0.25, -0.2) is 0 Å². The maximum Gasteiger partial charge on any atom is 0.226 e. The maximum absolute atomic E-state index is 12.9. The molecule has 1 aromatic rings. The van der Waals surface area contributed by atoms with Gasteiger partial charge in [-0.1, -0.05) is 25.0 Å². The van der Waals surface area contributed by atoms with Crippen molar-refractivity contribution in [3.63, 3.8) is 0 Å². The van der Waals surface area contributed by atoms with Crippen LogP contribution in [0.2, 0.25) is 0 Å². The average molecular weight is 284 g/mol. The van der Waals surface area contributed by atoms with Gasteiger partial charge in [0.2, 0.25) is 5.91 Å². The molecule has 1 amide bonds. The van der Waals surface area contributed by atoms with Gasteiger partial charge < -0.3 is 10.6 Å². The second kappa shape index (κ2) is 5.04. The summed E-state index contributed by atoms with van der Waals surface area (Å²) in [5.74, 6) is 2.20. The van der Waals surface area contributed by atoms with Crippen LogP contribution in [0.3, 0.4) is 0 Å². The molecule has 112 valence electrons. The van der Waals surface area contributed by atoms with Crippen molar-refractivity contribution in [1.82, 2.24) is 4.90 Å². The number of amides is 1. The van der Waals surface area contributed by atoms with Crippen molar-refractivity contribution in [1.29, 1.82) is 0 Å². The van der Waals surface area contributed by atoms with Gasteiger partial charge in [-0.2, -0.15) is 0 Å². The Labute approximate surface area is 126 Å². The molecular weight excluding hydrogens is 260 g/mol. The first-order chi connectivity index (χ1) is 10.2. The summed E-state index contributed by atoms with van der Waals surface area (Å²) in [5.41, 5.74) is 7.74. The van der Waals surface area contributed by atoms with E-state index in [2.05, 4.69) is 17.0 Å². The largest absolute Gasteiger partial charge is 0.399 e. The Morgan fingerprint density at radius 1 is 1.05 bits per heavy atom. The van der Waals surface area contributed by atoms with E-state index in [0.717, 1.165) is 12.2 Å². The molecular formula is C18H24N2O. The lowest BCUT2D eigenvalue weighted by Gasteiger charge is -2.23. The Morgan fingerprint density at radius 2 is 1.67 bits per heavy atom. The van der Waals surface area contributed by atoms with Crippen LogP contribution in [0.5, 0.6) is 0 Å². The van der Waals surface area contributed by atoms with Crippen LogP contribution in [0.15, 0.2) is 24.3 Å². The molecule has 0 aromatic heterocycles. The third-order valence-corrected chi connectivity index (χ3v) is 5.55. The van der Waals surface area contributed by atoms with Crippen LogP contribution in [0, 0.1) is 17.8 Å².